The van der Waals surface area contributed by atoms with Crippen LogP contribution in [0.3, 0.4) is 0 Å². The minimum atomic E-state index is -0.296. The molecule has 0 N–H and O–H groups in total. The molecule has 1 aliphatic carbocycles. The van der Waals surface area contributed by atoms with Crippen LogP contribution in [0.5, 0.6) is 5.75 Å². The Balaban J connectivity index is 1.62. The van der Waals surface area contributed by atoms with Crippen molar-refractivity contribution in [3.63, 3.8) is 0 Å². The van der Waals surface area contributed by atoms with Crippen LogP contribution in [-0.4, -0.2) is 32.6 Å². The largest absolute Gasteiger partial charge is 0.497 e. The van der Waals surface area contributed by atoms with Crippen LogP contribution >= 0.6 is 0 Å². The van der Waals surface area contributed by atoms with Crippen molar-refractivity contribution in [3.05, 3.63) is 69.6 Å². The maximum atomic E-state index is 12.4. The molecule has 0 saturated heterocycles. The summed E-state index contributed by atoms with van der Waals surface area (Å²) in [5, 5.41) is 12.1. The first-order chi connectivity index (χ1) is 14.1. The average molecular weight is 393 g/mol. The topological polar surface area (TPSA) is 83.5 Å². The third-order valence-corrected chi connectivity index (χ3v) is 5.05. The molecule has 29 heavy (non-hydrogen) atoms. The molecule has 4 rings (SSSR count). The molecular weight excluding hydrogens is 370 g/mol. The van der Waals surface area contributed by atoms with Gasteiger partial charge >= 0.3 is 5.69 Å². The van der Waals surface area contributed by atoms with Crippen molar-refractivity contribution < 1.29 is 9.57 Å². The number of aromatic nitrogens is 4. The molecule has 0 spiro atoms. The highest BCUT2D eigenvalue weighted by molar-refractivity contribution is 5.98. The van der Waals surface area contributed by atoms with E-state index in [0.29, 0.717) is 11.6 Å². The fraction of sp³-hybridized carbons (Fsp3) is 0.333. The van der Waals surface area contributed by atoms with E-state index in [0.717, 1.165) is 35.4 Å². The fourth-order valence-corrected chi connectivity index (χ4v) is 3.28. The molecule has 0 radical (unpaired) electrons. The molecule has 0 atom stereocenters. The number of nitrogens with zero attached hydrogens (tertiary/aromatic N) is 5. The molecule has 0 unspecified atom stereocenters. The molecule has 1 saturated carbocycles. The van der Waals surface area contributed by atoms with Crippen molar-refractivity contribution in [2.24, 2.45) is 12.2 Å². The number of oxime groups is 1. The van der Waals surface area contributed by atoms with Gasteiger partial charge in [0.2, 0.25) is 0 Å². The Labute approximate surface area is 168 Å². The van der Waals surface area contributed by atoms with E-state index in [-0.39, 0.29) is 12.3 Å². The van der Waals surface area contributed by atoms with E-state index in [1.165, 1.54) is 14.9 Å². The first kappa shape index (κ1) is 18.9. The van der Waals surface area contributed by atoms with Gasteiger partial charge in [-0.25, -0.2) is 4.79 Å². The van der Waals surface area contributed by atoms with Crippen LogP contribution in [0.1, 0.15) is 42.4 Å². The smallest absolute Gasteiger partial charge is 0.368 e. The van der Waals surface area contributed by atoms with Crippen molar-refractivity contribution in [3.8, 4) is 11.4 Å². The van der Waals surface area contributed by atoms with E-state index < -0.39 is 0 Å². The second kappa shape index (κ2) is 7.90. The summed E-state index contributed by atoms with van der Waals surface area (Å²) < 4.78 is 7.78. The zero-order chi connectivity index (χ0) is 20.4. The van der Waals surface area contributed by atoms with Gasteiger partial charge in [0.1, 0.15) is 12.4 Å². The van der Waals surface area contributed by atoms with E-state index in [1.54, 1.807) is 14.2 Å². The third-order valence-electron chi connectivity index (χ3n) is 5.05. The predicted octanol–water partition coefficient (Wildman–Crippen LogP) is 2.79. The minimum absolute atomic E-state index is 0.242. The highest BCUT2D eigenvalue weighted by Gasteiger charge is 2.28. The van der Waals surface area contributed by atoms with E-state index in [9.17, 15) is 4.79 Å². The number of ether oxygens (including phenoxy) is 1. The summed E-state index contributed by atoms with van der Waals surface area (Å²) in [6.45, 7) is 2.13. The highest BCUT2D eigenvalue weighted by Crippen LogP contribution is 2.42. The van der Waals surface area contributed by atoms with Crippen LogP contribution in [0.25, 0.3) is 5.69 Å². The Morgan fingerprint density at radius 1 is 1.21 bits per heavy atom. The maximum absolute atomic E-state index is 12.4. The van der Waals surface area contributed by atoms with Crippen molar-refractivity contribution in [2.45, 2.75) is 32.3 Å². The van der Waals surface area contributed by atoms with Gasteiger partial charge in [-0.1, -0.05) is 29.4 Å². The number of benzene rings is 2. The molecular formula is C21H23N5O3. The Morgan fingerprint density at radius 3 is 2.69 bits per heavy atom. The molecule has 1 aromatic heterocycles. The number of hydrogen-bond acceptors (Lipinski definition) is 6. The van der Waals surface area contributed by atoms with Gasteiger partial charge in [-0.15, -0.1) is 0 Å². The van der Waals surface area contributed by atoms with Gasteiger partial charge < -0.3 is 9.57 Å². The van der Waals surface area contributed by atoms with Gasteiger partial charge in [0, 0.05) is 18.2 Å². The normalized spacial score (nSPS) is 14.1. The lowest BCUT2D eigenvalue weighted by Crippen LogP contribution is -2.23. The fourth-order valence-electron chi connectivity index (χ4n) is 3.28. The second-order valence-electron chi connectivity index (χ2n) is 7.10. The number of tetrazole rings is 1. The minimum Gasteiger partial charge on any atom is -0.497 e. The number of methoxy groups -OCH3 is 1. The summed E-state index contributed by atoms with van der Waals surface area (Å²) >= 11 is 0. The molecule has 0 bridgehead atoms. The Hall–Kier alpha value is -3.42. The summed E-state index contributed by atoms with van der Waals surface area (Å²) in [6, 6.07) is 13.5. The summed E-state index contributed by atoms with van der Waals surface area (Å²) in [7, 11) is 3.21. The van der Waals surface area contributed by atoms with Gasteiger partial charge in [0.15, 0.2) is 0 Å². The molecule has 0 amide bonds. The van der Waals surface area contributed by atoms with Crippen molar-refractivity contribution >= 4 is 5.71 Å². The number of hydrogen-bond donors (Lipinski definition) is 0. The summed E-state index contributed by atoms with van der Waals surface area (Å²) in [4.78, 5) is 18.1. The molecule has 1 aliphatic rings. The molecule has 150 valence electrons. The van der Waals surface area contributed by atoms with Crippen LogP contribution in [0.2, 0.25) is 0 Å². The van der Waals surface area contributed by atoms with E-state index in [1.807, 2.05) is 43.3 Å². The Bertz CT molecular complexity index is 1110. The van der Waals surface area contributed by atoms with Crippen LogP contribution in [0, 0.1) is 0 Å². The van der Waals surface area contributed by atoms with Gasteiger partial charge in [0.05, 0.1) is 18.5 Å². The van der Waals surface area contributed by atoms with Gasteiger partial charge in [-0.2, -0.15) is 9.36 Å². The van der Waals surface area contributed by atoms with E-state index in [2.05, 4.69) is 21.6 Å². The quantitative estimate of drug-likeness (QED) is 0.455. The molecule has 1 fully saturated rings. The zero-order valence-corrected chi connectivity index (χ0v) is 16.7. The first-order valence-electron chi connectivity index (χ1n) is 9.50. The van der Waals surface area contributed by atoms with Crippen LogP contribution in [0.4, 0.5) is 0 Å². The number of rotatable bonds is 7. The van der Waals surface area contributed by atoms with Crippen molar-refractivity contribution in [1.29, 1.82) is 0 Å². The lowest BCUT2D eigenvalue weighted by molar-refractivity contribution is 0.129. The van der Waals surface area contributed by atoms with Gasteiger partial charge in [-0.05, 0) is 59.9 Å². The Morgan fingerprint density at radius 2 is 2.00 bits per heavy atom. The maximum Gasteiger partial charge on any atom is 0.368 e. The summed E-state index contributed by atoms with van der Waals surface area (Å²) in [5.41, 5.74) is 4.14. The van der Waals surface area contributed by atoms with Crippen molar-refractivity contribution in [2.75, 3.05) is 7.11 Å². The van der Waals surface area contributed by atoms with E-state index >= 15 is 0 Å². The number of aryl methyl sites for hydroxylation is 1. The first-order valence-corrected chi connectivity index (χ1v) is 9.50. The van der Waals surface area contributed by atoms with Crippen molar-refractivity contribution in [1.82, 2.24) is 19.8 Å². The summed E-state index contributed by atoms with van der Waals surface area (Å²) in [5.74, 6) is 1.25. The van der Waals surface area contributed by atoms with Crippen LogP contribution in [0.15, 0.2) is 52.4 Å². The molecule has 0 aliphatic heterocycles. The SMILES string of the molecule is COc1cccc(/C(C)=N\OCc2c(C3CC3)cccc2-n2nnn(C)c2=O)c1. The van der Waals surface area contributed by atoms with Crippen LogP contribution < -0.4 is 10.4 Å². The Kier molecular flexibility index (Phi) is 5.16. The lowest BCUT2D eigenvalue weighted by atomic mass is 10.0. The van der Waals surface area contributed by atoms with Gasteiger partial charge in [0.25, 0.3) is 0 Å². The highest BCUT2D eigenvalue weighted by atomic mass is 16.6. The second-order valence-corrected chi connectivity index (χ2v) is 7.10. The standard InChI is InChI=1S/C21H23N5O3/c1-14(16-6-4-7-17(12-16)28-3)22-29-13-19-18(15-10-11-15)8-5-9-20(19)26-21(27)25(2)23-24-26/h4-9,12,15H,10-11,13H2,1-3H3/b22-14-. The van der Waals surface area contributed by atoms with Crippen LogP contribution in [-0.2, 0) is 18.5 Å². The third kappa shape index (κ3) is 3.91. The average Bonchev–Trinajstić information content (AvgIpc) is 3.54. The van der Waals surface area contributed by atoms with E-state index in [4.69, 9.17) is 9.57 Å². The monoisotopic (exact) mass is 393 g/mol. The lowest BCUT2D eigenvalue weighted by Gasteiger charge is -2.13. The molecule has 1 heterocycles. The molecule has 3 aromatic rings. The summed E-state index contributed by atoms with van der Waals surface area (Å²) in [6.07, 6.45) is 2.27. The molecule has 8 nitrogen and oxygen atoms in total. The predicted molar refractivity (Wildman–Crippen MR) is 109 cm³/mol. The molecule has 2 aromatic carbocycles. The zero-order valence-electron chi connectivity index (χ0n) is 16.7. The molecule has 8 heteroatoms. The van der Waals surface area contributed by atoms with Gasteiger partial charge in [-0.3, -0.25) is 0 Å².